The molecular formula is C62H31N5O3. The van der Waals surface area contributed by atoms with Gasteiger partial charge in [-0.25, -0.2) is 9.69 Å². The molecule has 10 aromatic carbocycles. The summed E-state index contributed by atoms with van der Waals surface area (Å²) in [6, 6.07) is 64.2. The molecule has 0 aliphatic heterocycles. The number of para-hydroxylation sites is 6. The molecule has 0 aliphatic carbocycles. The molecule has 16 aromatic rings. The van der Waals surface area contributed by atoms with Gasteiger partial charge in [0.2, 0.25) is 11.4 Å². The van der Waals surface area contributed by atoms with Gasteiger partial charge < -0.3 is 27.0 Å². The van der Waals surface area contributed by atoms with E-state index in [0.29, 0.717) is 28.4 Å². The molecule has 6 aromatic heterocycles. The largest absolute Gasteiger partial charge is 0.455 e. The quantitative estimate of drug-likeness (QED) is 0.166. The Hall–Kier alpha value is -10.0. The Labute approximate surface area is 395 Å². The molecule has 16 rings (SSSR count). The van der Waals surface area contributed by atoms with Gasteiger partial charge in [0.25, 0.3) is 0 Å². The molecule has 6 heterocycles. The molecule has 70 heavy (non-hydrogen) atoms. The number of aromatic nitrogens is 3. The highest BCUT2D eigenvalue weighted by molar-refractivity contribution is 6.28. The van der Waals surface area contributed by atoms with Crippen LogP contribution in [-0.2, 0) is 0 Å². The molecule has 0 bridgehead atoms. The fourth-order valence-electron chi connectivity index (χ4n) is 11.9. The predicted molar refractivity (Wildman–Crippen MR) is 284 cm³/mol. The zero-order valence-electron chi connectivity index (χ0n) is 36.9. The average Bonchev–Trinajstić information content (AvgIpc) is 4.26. The van der Waals surface area contributed by atoms with E-state index in [9.17, 15) is 0 Å². The van der Waals surface area contributed by atoms with E-state index < -0.39 is 0 Å². The Kier molecular flexibility index (Phi) is 7.06. The lowest BCUT2D eigenvalue weighted by atomic mass is 10.1. The third-order valence-electron chi connectivity index (χ3n) is 14.7. The second-order valence-electron chi connectivity index (χ2n) is 18.0. The first-order valence-electron chi connectivity index (χ1n) is 23.2. The molecule has 0 atom stereocenters. The standard InChI is InChI=1S/C62H31N5O3/c1-63-43-33-44(64-2)58(66-46-22-10-4-19-41(46)55-49(66)31-28-38-35-16-7-13-25-52(35)69-61(38)55)59(67-47-23-11-5-20-42(47)56-50(67)32-29-39-36-17-8-14-26-53(36)70-62(39)56)57(43)65-45-21-9-3-18-40(45)54-48(65)30-27-37-34-15-6-12-24-51(34)68-60(37)54/h3-33H. The van der Waals surface area contributed by atoms with Gasteiger partial charge in [0.1, 0.15) is 33.5 Å². The molecule has 0 saturated carbocycles. The summed E-state index contributed by atoms with van der Waals surface area (Å²) in [5.74, 6) is 0. The molecule has 0 spiro atoms. The van der Waals surface area contributed by atoms with Crippen LogP contribution >= 0.6 is 0 Å². The maximum atomic E-state index is 9.09. The lowest BCUT2D eigenvalue weighted by Crippen LogP contribution is -2.09. The summed E-state index contributed by atoms with van der Waals surface area (Å²) >= 11 is 0. The zero-order chi connectivity index (χ0) is 45.9. The van der Waals surface area contributed by atoms with Crippen LogP contribution in [0.25, 0.3) is 158 Å². The minimum atomic E-state index is 0.327. The van der Waals surface area contributed by atoms with Crippen LogP contribution in [0.3, 0.4) is 0 Å². The van der Waals surface area contributed by atoms with Crippen LogP contribution < -0.4 is 0 Å². The van der Waals surface area contributed by atoms with Crippen LogP contribution in [0.2, 0.25) is 0 Å². The minimum Gasteiger partial charge on any atom is -0.455 e. The lowest BCUT2D eigenvalue weighted by Gasteiger charge is -2.24. The second-order valence-corrected chi connectivity index (χ2v) is 18.0. The van der Waals surface area contributed by atoms with Gasteiger partial charge >= 0.3 is 0 Å². The molecule has 0 saturated heterocycles. The Bertz CT molecular complexity index is 4890. The molecule has 0 amide bonds. The predicted octanol–water partition coefficient (Wildman–Crippen LogP) is 17.8. The molecular weight excluding hydrogens is 863 g/mol. The number of benzene rings is 10. The highest BCUT2D eigenvalue weighted by atomic mass is 16.3. The topological polar surface area (TPSA) is 62.9 Å². The fraction of sp³-hybridized carbons (Fsp3) is 0. The molecule has 0 radical (unpaired) electrons. The third-order valence-corrected chi connectivity index (χ3v) is 14.7. The average molecular weight is 894 g/mol. The van der Waals surface area contributed by atoms with Crippen molar-refractivity contribution in [2.45, 2.75) is 0 Å². The van der Waals surface area contributed by atoms with Crippen molar-refractivity contribution in [3.05, 3.63) is 211 Å². The summed E-state index contributed by atoms with van der Waals surface area (Å²) < 4.78 is 27.1. The number of hydrogen-bond acceptors (Lipinski definition) is 3. The summed E-state index contributed by atoms with van der Waals surface area (Å²) in [7, 11) is 0. The molecule has 0 fully saturated rings. The monoisotopic (exact) mass is 893 g/mol. The summed E-state index contributed by atoms with van der Waals surface area (Å²) in [6.07, 6.45) is 0. The molecule has 0 unspecified atom stereocenters. The summed E-state index contributed by atoms with van der Waals surface area (Å²) in [5.41, 5.74) is 12.6. The number of fused-ring (bicyclic) bond motifs is 21. The van der Waals surface area contributed by atoms with Gasteiger partial charge in [0.15, 0.2) is 0 Å². The van der Waals surface area contributed by atoms with E-state index in [1.54, 1.807) is 6.07 Å². The first kappa shape index (κ1) is 37.1. The molecule has 8 nitrogen and oxygen atoms in total. The normalized spacial score (nSPS) is 12.3. The lowest BCUT2D eigenvalue weighted by molar-refractivity contribution is 0.672. The first-order valence-corrected chi connectivity index (χ1v) is 23.2. The number of furan rings is 3. The van der Waals surface area contributed by atoms with Crippen molar-refractivity contribution in [2.24, 2.45) is 0 Å². The van der Waals surface area contributed by atoms with Gasteiger partial charge in [0, 0.05) is 48.5 Å². The zero-order valence-corrected chi connectivity index (χ0v) is 36.9. The van der Waals surface area contributed by atoms with Crippen LogP contribution in [0.4, 0.5) is 11.4 Å². The summed E-state index contributed by atoms with van der Waals surface area (Å²) in [6.45, 7) is 18.2. The third kappa shape index (κ3) is 4.57. The van der Waals surface area contributed by atoms with E-state index in [0.717, 1.165) is 131 Å². The Morgan fingerprint density at radius 2 is 0.586 bits per heavy atom. The van der Waals surface area contributed by atoms with Crippen molar-refractivity contribution in [2.75, 3.05) is 0 Å². The van der Waals surface area contributed by atoms with Crippen LogP contribution in [0.15, 0.2) is 201 Å². The van der Waals surface area contributed by atoms with E-state index in [2.05, 4.69) is 139 Å². The van der Waals surface area contributed by atoms with Crippen LogP contribution in [0, 0.1) is 13.1 Å². The molecule has 322 valence electrons. The van der Waals surface area contributed by atoms with Crippen molar-refractivity contribution < 1.29 is 13.3 Å². The van der Waals surface area contributed by atoms with Crippen molar-refractivity contribution in [3.8, 4) is 17.1 Å². The SMILES string of the molecule is [C-]#[N+]c1cc([N+]#[C-])c(-n2c3ccccc3c3c4oc5ccccc5c4ccc32)c(-n2c3ccccc3c3c4oc5ccccc5c4ccc32)c1-n1c2ccccc2c2c3oc4ccccc4c3ccc21. The maximum Gasteiger partial charge on any atom is 0.202 e. The molecule has 0 aliphatic rings. The van der Waals surface area contributed by atoms with Gasteiger partial charge in [-0.1, -0.05) is 109 Å². The van der Waals surface area contributed by atoms with E-state index in [-0.39, 0.29) is 0 Å². The summed E-state index contributed by atoms with van der Waals surface area (Å²) in [5, 5.41) is 11.9. The van der Waals surface area contributed by atoms with Crippen LogP contribution in [0.1, 0.15) is 0 Å². The highest BCUT2D eigenvalue weighted by Crippen LogP contribution is 2.52. The Morgan fingerprint density at radius 3 is 0.929 bits per heavy atom. The number of hydrogen-bond donors (Lipinski definition) is 0. The van der Waals surface area contributed by atoms with E-state index in [4.69, 9.17) is 26.4 Å². The summed E-state index contributed by atoms with van der Waals surface area (Å²) in [4.78, 5) is 8.75. The first-order chi connectivity index (χ1) is 34.7. The van der Waals surface area contributed by atoms with Gasteiger partial charge in [-0.05, 0) is 78.9 Å². The Morgan fingerprint density at radius 1 is 0.286 bits per heavy atom. The van der Waals surface area contributed by atoms with E-state index >= 15 is 0 Å². The van der Waals surface area contributed by atoms with Gasteiger partial charge in [-0.15, -0.1) is 0 Å². The van der Waals surface area contributed by atoms with Gasteiger partial charge in [0.05, 0.1) is 79.5 Å². The smallest absolute Gasteiger partial charge is 0.202 e. The number of nitrogens with zero attached hydrogens (tertiary/aromatic N) is 5. The maximum absolute atomic E-state index is 9.09. The van der Waals surface area contributed by atoms with Gasteiger partial charge in [-0.3, -0.25) is 0 Å². The van der Waals surface area contributed by atoms with Crippen LogP contribution in [-0.4, -0.2) is 13.7 Å². The van der Waals surface area contributed by atoms with Crippen molar-refractivity contribution in [3.63, 3.8) is 0 Å². The Balaban J connectivity index is 1.16. The van der Waals surface area contributed by atoms with E-state index in [1.165, 1.54) is 0 Å². The number of rotatable bonds is 3. The van der Waals surface area contributed by atoms with Crippen LogP contribution in [0.5, 0.6) is 0 Å². The van der Waals surface area contributed by atoms with Crippen molar-refractivity contribution in [1.82, 2.24) is 13.7 Å². The van der Waals surface area contributed by atoms with Crippen molar-refractivity contribution in [1.29, 1.82) is 0 Å². The van der Waals surface area contributed by atoms with E-state index in [1.807, 2.05) is 66.7 Å². The second kappa shape index (κ2) is 13.3. The van der Waals surface area contributed by atoms with Crippen molar-refractivity contribution >= 4 is 143 Å². The van der Waals surface area contributed by atoms with Gasteiger partial charge in [-0.2, -0.15) is 0 Å². The highest BCUT2D eigenvalue weighted by Gasteiger charge is 2.31. The molecule has 8 heteroatoms. The minimum absolute atomic E-state index is 0.327. The fourth-order valence-corrected chi connectivity index (χ4v) is 11.9. The molecule has 0 N–H and O–H groups in total.